The largest absolute Gasteiger partial charge is 0.248 e. The van der Waals surface area contributed by atoms with Gasteiger partial charge in [0.15, 0.2) is 0 Å². The van der Waals surface area contributed by atoms with Gasteiger partial charge in [-0.15, -0.1) is 11.3 Å². The highest BCUT2D eigenvalue weighted by Crippen LogP contribution is 2.39. The summed E-state index contributed by atoms with van der Waals surface area (Å²) in [6.07, 6.45) is 2.38. The van der Waals surface area contributed by atoms with Crippen LogP contribution in [0, 0.1) is 13.8 Å². The zero-order chi connectivity index (χ0) is 11.0. The van der Waals surface area contributed by atoms with Crippen molar-refractivity contribution in [2.45, 2.75) is 26.2 Å². The van der Waals surface area contributed by atoms with Crippen molar-refractivity contribution in [2.75, 3.05) is 0 Å². The Morgan fingerprint density at radius 1 is 1.40 bits per heavy atom. The number of allylic oxidation sites excluding steroid dienone is 1. The summed E-state index contributed by atoms with van der Waals surface area (Å²) < 4.78 is 0. The molecular formula is C11H11Cl2NS. The topological polar surface area (TPSA) is 12.4 Å². The number of thiophene rings is 1. The van der Waals surface area contributed by atoms with E-state index in [-0.39, 0.29) is 5.92 Å². The van der Waals surface area contributed by atoms with Crippen LogP contribution >= 0.6 is 34.5 Å². The zero-order valence-electron chi connectivity index (χ0n) is 8.55. The van der Waals surface area contributed by atoms with E-state index in [0.29, 0.717) is 5.17 Å². The van der Waals surface area contributed by atoms with Crippen LogP contribution in [0.25, 0.3) is 0 Å². The standard InChI is InChI=1S/C11H11Cl2NS/c1-6-5-15-11(7(6)2)8-3-10(13)14-4-9(8)12/h4-5,8H,3H2,1-2H3. The van der Waals surface area contributed by atoms with Crippen LogP contribution in [-0.4, -0.2) is 5.17 Å². The Kier molecular flexibility index (Phi) is 3.19. The molecule has 1 unspecified atom stereocenters. The Morgan fingerprint density at radius 2 is 2.13 bits per heavy atom. The second kappa shape index (κ2) is 4.28. The lowest BCUT2D eigenvalue weighted by molar-refractivity contribution is 0.876. The van der Waals surface area contributed by atoms with Crippen LogP contribution in [-0.2, 0) is 0 Å². The van der Waals surface area contributed by atoms with Gasteiger partial charge in [0, 0.05) is 28.4 Å². The minimum absolute atomic E-state index is 0.204. The molecule has 0 aliphatic carbocycles. The molecule has 2 heterocycles. The van der Waals surface area contributed by atoms with Crippen LogP contribution in [0.2, 0.25) is 0 Å². The van der Waals surface area contributed by atoms with Crippen LogP contribution in [0.3, 0.4) is 0 Å². The van der Waals surface area contributed by atoms with E-state index in [1.807, 2.05) is 0 Å². The fraction of sp³-hybridized carbons (Fsp3) is 0.364. The molecule has 2 rings (SSSR count). The molecule has 0 radical (unpaired) electrons. The smallest absolute Gasteiger partial charge is 0.107 e. The maximum atomic E-state index is 6.17. The lowest BCUT2D eigenvalue weighted by Gasteiger charge is -2.17. The molecule has 0 bridgehead atoms. The van der Waals surface area contributed by atoms with E-state index in [1.165, 1.54) is 16.0 Å². The minimum Gasteiger partial charge on any atom is -0.248 e. The molecule has 0 amide bonds. The molecule has 1 aromatic heterocycles. The number of hydrogen-bond acceptors (Lipinski definition) is 2. The highest BCUT2D eigenvalue weighted by atomic mass is 35.5. The third-order valence-corrected chi connectivity index (χ3v) is 4.60. The van der Waals surface area contributed by atoms with Gasteiger partial charge in [-0.05, 0) is 30.4 Å². The van der Waals surface area contributed by atoms with Gasteiger partial charge in [0.05, 0.1) is 0 Å². The van der Waals surface area contributed by atoms with Crippen molar-refractivity contribution < 1.29 is 0 Å². The van der Waals surface area contributed by atoms with E-state index in [4.69, 9.17) is 23.2 Å². The molecule has 0 fully saturated rings. The Bertz CT molecular complexity index is 445. The summed E-state index contributed by atoms with van der Waals surface area (Å²) in [5.41, 5.74) is 2.64. The predicted molar refractivity (Wildman–Crippen MR) is 68.4 cm³/mol. The van der Waals surface area contributed by atoms with Crippen LogP contribution in [0.1, 0.15) is 28.3 Å². The van der Waals surface area contributed by atoms with Gasteiger partial charge in [0.25, 0.3) is 0 Å². The molecular weight excluding hydrogens is 249 g/mol. The van der Waals surface area contributed by atoms with E-state index in [0.717, 1.165) is 11.5 Å². The van der Waals surface area contributed by atoms with Crippen molar-refractivity contribution in [2.24, 2.45) is 4.99 Å². The molecule has 0 saturated heterocycles. The van der Waals surface area contributed by atoms with Gasteiger partial charge in [-0.3, -0.25) is 0 Å². The van der Waals surface area contributed by atoms with E-state index >= 15 is 0 Å². The summed E-state index contributed by atoms with van der Waals surface area (Å²) in [6, 6.07) is 0. The predicted octanol–water partition coefficient (Wildman–Crippen LogP) is 4.57. The monoisotopic (exact) mass is 259 g/mol. The average Bonchev–Trinajstić information content (AvgIpc) is 2.52. The molecule has 4 heteroatoms. The molecule has 0 N–H and O–H groups in total. The van der Waals surface area contributed by atoms with Crippen LogP contribution in [0.15, 0.2) is 21.6 Å². The third kappa shape index (κ3) is 2.12. The first kappa shape index (κ1) is 11.2. The Morgan fingerprint density at radius 3 is 2.73 bits per heavy atom. The molecule has 15 heavy (non-hydrogen) atoms. The normalized spacial score (nSPS) is 21.2. The second-order valence-corrected chi connectivity index (χ2v) is 5.47. The van der Waals surface area contributed by atoms with Crippen LogP contribution in [0.5, 0.6) is 0 Å². The summed E-state index contributed by atoms with van der Waals surface area (Å²) in [5.74, 6) is 0.204. The number of nitrogens with zero attached hydrogens (tertiary/aromatic N) is 1. The Balaban J connectivity index is 2.37. The van der Waals surface area contributed by atoms with Crippen LogP contribution < -0.4 is 0 Å². The zero-order valence-corrected chi connectivity index (χ0v) is 10.9. The Labute approximate surface area is 103 Å². The van der Waals surface area contributed by atoms with Gasteiger partial charge in [0.2, 0.25) is 0 Å². The van der Waals surface area contributed by atoms with E-state index in [2.05, 4.69) is 24.2 Å². The number of aryl methyl sites for hydroxylation is 1. The van der Waals surface area contributed by atoms with E-state index in [9.17, 15) is 0 Å². The Hall–Kier alpha value is -0.310. The first-order valence-corrected chi connectivity index (χ1v) is 6.35. The molecule has 1 aliphatic heterocycles. The number of rotatable bonds is 1. The minimum atomic E-state index is 0.204. The lowest BCUT2D eigenvalue weighted by atomic mass is 9.98. The van der Waals surface area contributed by atoms with Gasteiger partial charge < -0.3 is 0 Å². The van der Waals surface area contributed by atoms with Crippen molar-refractivity contribution in [3.63, 3.8) is 0 Å². The first-order valence-electron chi connectivity index (χ1n) is 4.72. The van der Waals surface area contributed by atoms with Crippen molar-refractivity contribution >= 4 is 39.7 Å². The van der Waals surface area contributed by atoms with E-state index < -0.39 is 0 Å². The van der Waals surface area contributed by atoms with Crippen molar-refractivity contribution in [1.29, 1.82) is 0 Å². The van der Waals surface area contributed by atoms with Gasteiger partial charge in [-0.2, -0.15) is 0 Å². The van der Waals surface area contributed by atoms with Crippen molar-refractivity contribution in [1.82, 2.24) is 0 Å². The molecule has 1 nitrogen and oxygen atoms in total. The number of halogens is 2. The highest BCUT2D eigenvalue weighted by Gasteiger charge is 2.23. The van der Waals surface area contributed by atoms with Gasteiger partial charge in [0.1, 0.15) is 5.17 Å². The third-order valence-electron chi connectivity index (χ3n) is 2.67. The fourth-order valence-corrected chi connectivity index (χ4v) is 3.32. The highest BCUT2D eigenvalue weighted by molar-refractivity contribution is 7.10. The average molecular weight is 260 g/mol. The molecule has 1 aliphatic rings. The summed E-state index contributed by atoms with van der Waals surface area (Å²) in [5, 5.41) is 3.58. The summed E-state index contributed by atoms with van der Waals surface area (Å²) >= 11 is 13.9. The SMILES string of the molecule is Cc1csc(C2CC(Cl)=NC=C2Cl)c1C. The quantitative estimate of drug-likeness (QED) is 0.701. The molecule has 1 aromatic rings. The molecule has 0 spiro atoms. The number of hydrogen-bond donors (Lipinski definition) is 0. The van der Waals surface area contributed by atoms with Gasteiger partial charge in [-0.1, -0.05) is 23.2 Å². The number of aliphatic imine (C=N–C) groups is 1. The van der Waals surface area contributed by atoms with Crippen molar-refractivity contribution in [3.8, 4) is 0 Å². The van der Waals surface area contributed by atoms with Gasteiger partial charge >= 0.3 is 0 Å². The molecule has 80 valence electrons. The summed E-state index contributed by atoms with van der Waals surface area (Å²) in [7, 11) is 0. The second-order valence-electron chi connectivity index (χ2n) is 3.68. The first-order chi connectivity index (χ1) is 7.09. The van der Waals surface area contributed by atoms with E-state index in [1.54, 1.807) is 17.5 Å². The molecule has 1 atom stereocenters. The maximum Gasteiger partial charge on any atom is 0.107 e. The lowest BCUT2D eigenvalue weighted by Crippen LogP contribution is -2.06. The maximum absolute atomic E-state index is 6.17. The molecule has 0 saturated carbocycles. The fourth-order valence-electron chi connectivity index (χ4n) is 1.62. The van der Waals surface area contributed by atoms with Crippen molar-refractivity contribution in [3.05, 3.63) is 32.6 Å². The molecule has 0 aromatic carbocycles. The summed E-state index contributed by atoms with van der Waals surface area (Å²) in [6.45, 7) is 4.25. The van der Waals surface area contributed by atoms with Gasteiger partial charge in [-0.25, -0.2) is 4.99 Å². The van der Waals surface area contributed by atoms with Crippen LogP contribution in [0.4, 0.5) is 0 Å². The summed E-state index contributed by atoms with van der Waals surface area (Å²) in [4.78, 5) is 5.32.